The van der Waals surface area contributed by atoms with Gasteiger partial charge in [0.15, 0.2) is 5.82 Å². The van der Waals surface area contributed by atoms with E-state index in [9.17, 15) is 4.79 Å². The van der Waals surface area contributed by atoms with Crippen molar-refractivity contribution in [2.75, 3.05) is 13.1 Å². The number of hydrogen-bond donors (Lipinski definition) is 1. The second-order valence-electron chi connectivity index (χ2n) is 7.19. The van der Waals surface area contributed by atoms with Gasteiger partial charge in [0.2, 0.25) is 0 Å². The molecule has 1 atom stereocenters. The Morgan fingerprint density at radius 1 is 1.32 bits per heavy atom. The maximum Gasteiger partial charge on any atom is 0.257 e. The molecule has 0 spiro atoms. The molecule has 3 aromatic rings. The van der Waals surface area contributed by atoms with Crippen molar-refractivity contribution in [3.63, 3.8) is 0 Å². The van der Waals surface area contributed by atoms with Crippen LogP contribution in [0.2, 0.25) is 0 Å². The van der Waals surface area contributed by atoms with Crippen molar-refractivity contribution in [3.05, 3.63) is 59.4 Å². The molecule has 7 nitrogen and oxygen atoms in total. The number of aromatic nitrogens is 5. The molecular formula is C21H24N6O. The number of piperidine rings is 1. The van der Waals surface area contributed by atoms with Gasteiger partial charge >= 0.3 is 0 Å². The average Bonchev–Trinajstić information content (AvgIpc) is 3.23. The van der Waals surface area contributed by atoms with E-state index in [1.54, 1.807) is 18.6 Å². The van der Waals surface area contributed by atoms with E-state index >= 15 is 0 Å². The highest BCUT2D eigenvalue weighted by Crippen LogP contribution is 2.29. The van der Waals surface area contributed by atoms with Crippen LogP contribution >= 0.6 is 0 Å². The number of amides is 1. The number of nitrogens with one attached hydrogen (secondary N) is 1. The highest BCUT2D eigenvalue weighted by molar-refractivity contribution is 5.95. The first-order valence-corrected chi connectivity index (χ1v) is 9.72. The van der Waals surface area contributed by atoms with Crippen molar-refractivity contribution >= 4 is 5.91 Å². The molecule has 1 aliphatic rings. The second kappa shape index (κ2) is 7.88. The van der Waals surface area contributed by atoms with Crippen molar-refractivity contribution in [2.45, 2.75) is 39.0 Å². The van der Waals surface area contributed by atoms with Gasteiger partial charge in [0.25, 0.3) is 5.91 Å². The first-order chi connectivity index (χ1) is 13.7. The molecule has 1 N–H and O–H groups in total. The van der Waals surface area contributed by atoms with E-state index in [1.807, 2.05) is 30.2 Å². The lowest BCUT2D eigenvalue weighted by atomic mass is 9.91. The van der Waals surface area contributed by atoms with Crippen molar-refractivity contribution in [2.24, 2.45) is 0 Å². The summed E-state index contributed by atoms with van der Waals surface area (Å²) >= 11 is 0. The summed E-state index contributed by atoms with van der Waals surface area (Å²) in [4.78, 5) is 28.1. The molecule has 3 aromatic heterocycles. The van der Waals surface area contributed by atoms with Crippen molar-refractivity contribution in [3.8, 4) is 11.4 Å². The molecular weight excluding hydrogens is 352 g/mol. The van der Waals surface area contributed by atoms with Crippen LogP contribution in [0.4, 0.5) is 0 Å². The third-order valence-corrected chi connectivity index (χ3v) is 5.38. The topological polar surface area (TPSA) is 87.7 Å². The molecule has 1 aliphatic heterocycles. The average molecular weight is 376 g/mol. The van der Waals surface area contributed by atoms with E-state index in [2.05, 4.69) is 32.1 Å². The van der Waals surface area contributed by atoms with Gasteiger partial charge in [-0.1, -0.05) is 6.92 Å². The summed E-state index contributed by atoms with van der Waals surface area (Å²) in [5, 5.41) is 7.34. The maximum absolute atomic E-state index is 13.1. The van der Waals surface area contributed by atoms with Gasteiger partial charge < -0.3 is 4.90 Å². The van der Waals surface area contributed by atoms with Crippen LogP contribution in [0, 0.1) is 6.92 Å². The zero-order chi connectivity index (χ0) is 19.5. The van der Waals surface area contributed by atoms with Gasteiger partial charge in [-0.2, -0.15) is 5.10 Å². The Morgan fingerprint density at radius 2 is 2.21 bits per heavy atom. The zero-order valence-electron chi connectivity index (χ0n) is 16.2. The van der Waals surface area contributed by atoms with Crippen LogP contribution in [0.3, 0.4) is 0 Å². The number of nitrogens with zero attached hydrogens (tertiary/aromatic N) is 5. The molecule has 7 heteroatoms. The van der Waals surface area contributed by atoms with Crippen LogP contribution in [-0.4, -0.2) is 49.0 Å². The number of aryl methyl sites for hydroxylation is 2. The van der Waals surface area contributed by atoms with E-state index in [0.29, 0.717) is 29.5 Å². The molecule has 4 heterocycles. The summed E-state index contributed by atoms with van der Waals surface area (Å²) in [6.07, 6.45) is 9.96. The molecule has 1 amide bonds. The monoisotopic (exact) mass is 376 g/mol. The Morgan fingerprint density at radius 3 is 2.96 bits per heavy atom. The minimum absolute atomic E-state index is 0.00231. The predicted octanol–water partition coefficient (Wildman–Crippen LogP) is 3.15. The highest BCUT2D eigenvalue weighted by atomic mass is 16.2. The van der Waals surface area contributed by atoms with Crippen LogP contribution in [0.1, 0.15) is 53.0 Å². The van der Waals surface area contributed by atoms with E-state index in [0.717, 1.165) is 31.4 Å². The summed E-state index contributed by atoms with van der Waals surface area (Å²) < 4.78 is 0. The molecule has 144 valence electrons. The Kier molecular flexibility index (Phi) is 5.14. The molecule has 0 aliphatic carbocycles. The SMILES string of the molecule is CCc1cn[nH]c1C1CCCN(C(=O)c2cnc(-c3cccnc3)nc2C)C1. The minimum atomic E-state index is -0.00231. The fraction of sp³-hybridized carbons (Fsp3) is 0.381. The molecule has 28 heavy (non-hydrogen) atoms. The van der Waals surface area contributed by atoms with Gasteiger partial charge in [-0.25, -0.2) is 9.97 Å². The van der Waals surface area contributed by atoms with E-state index in [-0.39, 0.29) is 5.91 Å². The smallest absolute Gasteiger partial charge is 0.257 e. The number of hydrogen-bond acceptors (Lipinski definition) is 5. The first-order valence-electron chi connectivity index (χ1n) is 9.72. The molecule has 0 aromatic carbocycles. The number of rotatable bonds is 4. The summed E-state index contributed by atoms with van der Waals surface area (Å²) in [6.45, 7) is 5.44. The van der Waals surface area contributed by atoms with Gasteiger partial charge in [-0.15, -0.1) is 0 Å². The highest BCUT2D eigenvalue weighted by Gasteiger charge is 2.28. The van der Waals surface area contributed by atoms with E-state index in [4.69, 9.17) is 0 Å². The van der Waals surface area contributed by atoms with Gasteiger partial charge in [-0.3, -0.25) is 14.9 Å². The van der Waals surface area contributed by atoms with Crippen LogP contribution in [0.5, 0.6) is 0 Å². The lowest BCUT2D eigenvalue weighted by Crippen LogP contribution is -2.39. The molecule has 0 bridgehead atoms. The van der Waals surface area contributed by atoms with E-state index in [1.165, 1.54) is 11.3 Å². The van der Waals surface area contributed by atoms with Gasteiger partial charge in [0.1, 0.15) is 0 Å². The number of pyridine rings is 1. The molecule has 0 radical (unpaired) electrons. The lowest BCUT2D eigenvalue weighted by Gasteiger charge is -2.33. The molecule has 1 saturated heterocycles. The van der Waals surface area contributed by atoms with E-state index < -0.39 is 0 Å². The fourth-order valence-electron chi connectivity index (χ4n) is 3.84. The number of aromatic amines is 1. The third kappa shape index (κ3) is 3.52. The Hall–Kier alpha value is -3.09. The van der Waals surface area contributed by atoms with Crippen LogP contribution in [0.15, 0.2) is 36.9 Å². The first kappa shape index (κ1) is 18.3. The summed E-state index contributed by atoms with van der Waals surface area (Å²) in [6, 6.07) is 3.76. The predicted molar refractivity (Wildman–Crippen MR) is 106 cm³/mol. The standard InChI is InChI=1S/C21H24N6O/c1-3-15-11-24-26-19(15)17-7-5-9-27(13-17)21(28)18-12-23-20(25-14(18)2)16-6-4-8-22-10-16/h4,6,8,10-12,17H,3,5,7,9,13H2,1-2H3,(H,24,26). The Labute approximate surface area is 164 Å². The number of carbonyl (C=O) groups is 1. The lowest BCUT2D eigenvalue weighted by molar-refractivity contribution is 0.0704. The molecule has 4 rings (SSSR count). The minimum Gasteiger partial charge on any atom is -0.338 e. The molecule has 0 saturated carbocycles. The van der Waals surface area contributed by atoms with Gasteiger partial charge in [-0.05, 0) is 43.9 Å². The van der Waals surface area contributed by atoms with Crippen LogP contribution in [-0.2, 0) is 6.42 Å². The summed E-state index contributed by atoms with van der Waals surface area (Å²) in [5.41, 5.74) is 4.50. The second-order valence-corrected chi connectivity index (χ2v) is 7.19. The quantitative estimate of drug-likeness (QED) is 0.756. The summed E-state index contributed by atoms with van der Waals surface area (Å²) in [7, 11) is 0. The number of carbonyl (C=O) groups excluding carboxylic acids is 1. The largest absolute Gasteiger partial charge is 0.338 e. The van der Waals surface area contributed by atoms with Gasteiger partial charge in [0.05, 0.1) is 17.5 Å². The van der Waals surface area contributed by atoms with Crippen LogP contribution < -0.4 is 0 Å². The van der Waals surface area contributed by atoms with Crippen molar-refractivity contribution < 1.29 is 4.79 Å². The Balaban J connectivity index is 1.54. The fourth-order valence-corrected chi connectivity index (χ4v) is 3.84. The Bertz CT molecular complexity index is 968. The normalized spacial score (nSPS) is 16.9. The molecule has 1 unspecified atom stereocenters. The van der Waals surface area contributed by atoms with Crippen LogP contribution in [0.25, 0.3) is 11.4 Å². The third-order valence-electron chi connectivity index (χ3n) is 5.38. The number of likely N-dealkylation sites (tertiary alicyclic amines) is 1. The van der Waals surface area contributed by atoms with Crippen molar-refractivity contribution in [1.29, 1.82) is 0 Å². The maximum atomic E-state index is 13.1. The molecule has 1 fully saturated rings. The number of H-pyrrole nitrogens is 1. The summed E-state index contributed by atoms with van der Waals surface area (Å²) in [5.74, 6) is 0.882. The van der Waals surface area contributed by atoms with Crippen molar-refractivity contribution in [1.82, 2.24) is 30.0 Å². The zero-order valence-corrected chi connectivity index (χ0v) is 16.2. The van der Waals surface area contributed by atoms with Gasteiger partial charge in [0, 0.05) is 48.9 Å².